The van der Waals surface area contributed by atoms with E-state index in [1.165, 1.54) is 4.90 Å². The monoisotopic (exact) mass is 625 g/mol. The highest BCUT2D eigenvalue weighted by Gasteiger charge is 2.73. The first-order valence-corrected chi connectivity index (χ1v) is 14.3. The third-order valence-corrected chi connectivity index (χ3v) is 11.3. The van der Waals surface area contributed by atoms with E-state index >= 15 is 0 Å². The first-order chi connectivity index (χ1) is 19.3. The molecule has 0 bridgehead atoms. The molecule has 1 heterocycles. The second kappa shape index (κ2) is 9.64. The molecule has 3 fully saturated rings. The van der Waals surface area contributed by atoms with Crippen molar-refractivity contribution in [2.45, 2.75) is 46.9 Å². The number of aliphatic carboxylic acids is 1. The maximum atomic E-state index is 14.6. The maximum Gasteiger partial charge on any atom is 0.435 e. The van der Waals surface area contributed by atoms with Gasteiger partial charge in [0.05, 0.1) is 10.8 Å². The Bertz CT molecular complexity index is 1480. The number of nitrogens with zero attached hydrogens (tertiary/aromatic N) is 1. The van der Waals surface area contributed by atoms with Crippen molar-refractivity contribution >= 4 is 21.7 Å². The van der Waals surface area contributed by atoms with Crippen molar-refractivity contribution in [1.29, 1.82) is 0 Å². The Balaban J connectivity index is 1.51. The predicted molar refractivity (Wildman–Crippen MR) is 129 cm³/mol. The number of carbonyl (C=O) groups excluding carboxylic acids is 1. The molecule has 6 nitrogen and oxygen atoms in total. The van der Waals surface area contributed by atoms with Gasteiger partial charge in [0, 0.05) is 24.6 Å². The molecule has 228 valence electrons. The molecule has 15 heteroatoms. The molecule has 1 amide bonds. The Labute approximate surface area is 234 Å². The van der Waals surface area contributed by atoms with Gasteiger partial charge in [0.15, 0.2) is 9.84 Å². The van der Waals surface area contributed by atoms with E-state index in [9.17, 15) is 58.2 Å². The quantitative estimate of drug-likeness (QED) is 0.344. The van der Waals surface area contributed by atoms with E-state index in [2.05, 4.69) is 0 Å². The minimum atomic E-state index is -6.37. The molecule has 2 saturated carbocycles. The summed E-state index contributed by atoms with van der Waals surface area (Å²) >= 11 is 0. The smallest absolute Gasteiger partial charge is 0.435 e. The summed E-state index contributed by atoms with van der Waals surface area (Å²) in [5.41, 5.74) is -7.81. The van der Waals surface area contributed by atoms with Crippen LogP contribution in [0.4, 0.5) is 35.1 Å². The number of carbonyl (C=O) groups is 2. The summed E-state index contributed by atoms with van der Waals surface area (Å²) < 4.78 is 134. The van der Waals surface area contributed by atoms with Crippen molar-refractivity contribution in [3.05, 3.63) is 65.5 Å². The van der Waals surface area contributed by atoms with Crippen LogP contribution in [0.2, 0.25) is 0 Å². The molecule has 2 aromatic carbocycles. The first-order valence-electron chi connectivity index (χ1n) is 12.8. The lowest BCUT2D eigenvalue weighted by Crippen LogP contribution is -2.50. The summed E-state index contributed by atoms with van der Waals surface area (Å²) in [7, 11) is -4.56. The van der Waals surface area contributed by atoms with Crippen molar-refractivity contribution in [2.75, 3.05) is 13.1 Å². The van der Waals surface area contributed by atoms with E-state index in [1.807, 2.05) is 0 Å². The minimum absolute atomic E-state index is 0.145. The summed E-state index contributed by atoms with van der Waals surface area (Å²) in [6.07, 6.45) is -12.5. The number of hydrogen-bond donors (Lipinski definition) is 1. The Morgan fingerprint density at radius 1 is 0.857 bits per heavy atom. The molecule has 3 aliphatic rings. The third-order valence-electron chi connectivity index (χ3n) is 8.85. The van der Waals surface area contributed by atoms with E-state index in [0.29, 0.717) is 12.1 Å². The van der Waals surface area contributed by atoms with Crippen LogP contribution in [0, 0.1) is 29.5 Å². The Kier molecular flexibility index (Phi) is 6.94. The van der Waals surface area contributed by atoms with Gasteiger partial charge in [-0.25, -0.2) is 17.2 Å². The van der Waals surface area contributed by atoms with Crippen molar-refractivity contribution in [1.82, 2.24) is 4.90 Å². The van der Waals surface area contributed by atoms with Crippen molar-refractivity contribution < 1.29 is 58.2 Å². The van der Waals surface area contributed by atoms with Gasteiger partial charge in [-0.05, 0) is 60.9 Å². The highest BCUT2D eigenvalue weighted by atomic mass is 32.2. The van der Waals surface area contributed by atoms with Gasteiger partial charge in [-0.2, -0.15) is 26.3 Å². The van der Waals surface area contributed by atoms with Gasteiger partial charge in [0.1, 0.15) is 10.6 Å². The molecule has 2 aliphatic carbocycles. The molecule has 5 atom stereocenters. The predicted octanol–water partition coefficient (Wildman–Crippen LogP) is 5.37. The number of carboxylic acid groups (broad SMARTS) is 1. The number of carboxylic acids is 1. The topological polar surface area (TPSA) is 91.8 Å². The van der Waals surface area contributed by atoms with Crippen LogP contribution in [0.1, 0.15) is 30.4 Å². The number of amides is 1. The normalized spacial score (nSPS) is 28.0. The van der Waals surface area contributed by atoms with Crippen LogP contribution in [0.3, 0.4) is 0 Å². The van der Waals surface area contributed by atoms with Crippen molar-refractivity contribution in [3.63, 3.8) is 0 Å². The van der Waals surface area contributed by atoms with Gasteiger partial charge in [-0.15, -0.1) is 0 Å². The van der Waals surface area contributed by atoms with Crippen LogP contribution in [0.15, 0.2) is 53.4 Å². The lowest BCUT2D eigenvalue weighted by molar-refractivity contribution is -0.348. The van der Waals surface area contributed by atoms with Gasteiger partial charge in [-0.1, -0.05) is 24.3 Å². The number of alkyl halides is 7. The van der Waals surface area contributed by atoms with Gasteiger partial charge in [0.2, 0.25) is 5.91 Å². The molecule has 5 rings (SSSR count). The van der Waals surface area contributed by atoms with Crippen LogP contribution < -0.4 is 0 Å². The zero-order valence-corrected chi connectivity index (χ0v) is 22.2. The lowest BCUT2D eigenvalue weighted by atomic mass is 9.90. The molecule has 1 aliphatic heterocycles. The number of likely N-dealkylation sites (tertiary alicyclic amines) is 1. The molecule has 2 aromatic rings. The molecular formula is C27H23F8NO5S. The standard InChI is InChI=1S/C27H23F8NO5S/c28-17-5-7-18(8-6-17)42(40,41)24(15-1-3-16(4-2-15)25(29,26(30,31)32)27(33,34)35)9-10-36(13-24)22(37)14-11-19-20(12-14)21(19)23(38)39/h1-8,14,19-21H,9-13H2,(H,38,39)/t14?,19-,20+,21?,24-/m0/s1. The second-order valence-corrected chi connectivity index (χ2v) is 13.3. The summed E-state index contributed by atoms with van der Waals surface area (Å²) in [5.74, 6) is -3.65. The fraction of sp³-hybridized carbons (Fsp3) is 0.481. The van der Waals surface area contributed by atoms with Crippen molar-refractivity contribution in [3.8, 4) is 0 Å². The lowest BCUT2D eigenvalue weighted by Gasteiger charge is -2.33. The zero-order chi connectivity index (χ0) is 31.0. The van der Waals surface area contributed by atoms with Crippen molar-refractivity contribution in [2.24, 2.45) is 23.7 Å². The number of hydrogen-bond acceptors (Lipinski definition) is 4. The van der Waals surface area contributed by atoms with Gasteiger partial charge < -0.3 is 10.0 Å². The number of rotatable bonds is 6. The summed E-state index contributed by atoms with van der Waals surface area (Å²) in [6, 6.07) is 5.38. The fourth-order valence-electron chi connectivity index (χ4n) is 6.58. The Hall–Kier alpha value is -3.23. The fourth-order valence-corrected chi connectivity index (χ4v) is 8.66. The number of fused-ring (bicyclic) bond motifs is 1. The highest BCUT2D eigenvalue weighted by molar-refractivity contribution is 7.92. The second-order valence-electron chi connectivity index (χ2n) is 11.1. The van der Waals surface area contributed by atoms with Crippen LogP contribution in [0.25, 0.3) is 0 Å². The summed E-state index contributed by atoms with van der Waals surface area (Å²) in [5, 5.41) is 9.23. The van der Waals surface area contributed by atoms with Crippen LogP contribution in [-0.4, -0.2) is 55.7 Å². The molecule has 42 heavy (non-hydrogen) atoms. The Morgan fingerprint density at radius 2 is 1.38 bits per heavy atom. The molecule has 0 aromatic heterocycles. The van der Waals surface area contributed by atoms with Crippen LogP contribution >= 0.6 is 0 Å². The highest BCUT2D eigenvalue weighted by Crippen LogP contribution is 2.60. The average molecular weight is 626 g/mol. The maximum absolute atomic E-state index is 14.6. The molecule has 1 N–H and O–H groups in total. The van der Waals surface area contributed by atoms with E-state index in [0.717, 1.165) is 24.3 Å². The van der Waals surface area contributed by atoms with E-state index in [4.69, 9.17) is 0 Å². The molecule has 0 spiro atoms. The largest absolute Gasteiger partial charge is 0.481 e. The first kappa shape index (κ1) is 30.2. The molecule has 2 unspecified atom stereocenters. The van der Waals surface area contributed by atoms with E-state index in [1.54, 1.807) is 0 Å². The molecule has 0 radical (unpaired) electrons. The van der Waals surface area contributed by atoms with E-state index in [-0.39, 0.29) is 55.3 Å². The summed E-state index contributed by atoms with van der Waals surface area (Å²) in [6.45, 7) is -0.675. The molecule has 1 saturated heterocycles. The van der Waals surface area contributed by atoms with Crippen LogP contribution in [-0.2, 0) is 29.8 Å². The Morgan fingerprint density at radius 3 is 1.86 bits per heavy atom. The van der Waals surface area contributed by atoms with Gasteiger partial charge in [0.25, 0.3) is 0 Å². The molecular weight excluding hydrogens is 602 g/mol. The number of sulfone groups is 1. The third kappa shape index (κ3) is 4.45. The van der Waals surface area contributed by atoms with Crippen LogP contribution in [0.5, 0.6) is 0 Å². The van der Waals surface area contributed by atoms with Gasteiger partial charge in [-0.3, -0.25) is 9.59 Å². The average Bonchev–Trinajstić information content (AvgIpc) is 3.22. The SMILES string of the molecule is O=C(O)C1[C@H]2CC(C(=O)N3CC[C@](c4ccc(C(F)(C(F)(F)F)C(F)(F)F)cc4)(S(=O)(=O)c4ccc(F)cc4)C3)C[C@@H]12. The summed E-state index contributed by atoms with van der Waals surface area (Å²) in [4.78, 5) is 25.5. The van der Waals surface area contributed by atoms with E-state index < -0.39 is 79.1 Å². The number of halogens is 8. The number of benzene rings is 2. The zero-order valence-electron chi connectivity index (χ0n) is 21.4. The van der Waals surface area contributed by atoms with Gasteiger partial charge >= 0.3 is 24.0 Å². The minimum Gasteiger partial charge on any atom is -0.481 e.